The van der Waals surface area contributed by atoms with Crippen LogP contribution in [0.15, 0.2) is 42.7 Å². The number of amides is 2. The molecule has 2 amide bonds. The number of carbonyl (C=O) groups is 2. The Labute approximate surface area is 169 Å². The van der Waals surface area contributed by atoms with Gasteiger partial charge in [0.25, 0.3) is 0 Å². The predicted molar refractivity (Wildman–Crippen MR) is 108 cm³/mol. The molecule has 0 spiro atoms. The molecule has 1 aliphatic heterocycles. The topological polar surface area (TPSA) is 89.6 Å². The van der Waals surface area contributed by atoms with Crippen LogP contribution in [0.1, 0.15) is 31.2 Å². The molecule has 29 heavy (non-hydrogen) atoms. The molecule has 1 saturated carbocycles. The fourth-order valence-corrected chi connectivity index (χ4v) is 3.82. The first-order valence-corrected chi connectivity index (χ1v) is 10.1. The molecule has 4 rings (SSSR count). The molecule has 0 saturated heterocycles. The smallest absolute Gasteiger partial charge is 0.227 e. The van der Waals surface area contributed by atoms with Gasteiger partial charge in [-0.1, -0.05) is 6.07 Å². The zero-order valence-electron chi connectivity index (χ0n) is 16.2. The van der Waals surface area contributed by atoms with Gasteiger partial charge in [0.05, 0.1) is 0 Å². The van der Waals surface area contributed by atoms with Crippen molar-refractivity contribution in [3.8, 4) is 11.5 Å². The van der Waals surface area contributed by atoms with Gasteiger partial charge >= 0.3 is 0 Å². The minimum atomic E-state index is -0.0782. The predicted octanol–water partition coefficient (Wildman–Crippen LogP) is 2.91. The lowest BCUT2D eigenvalue weighted by atomic mass is 9.81. The van der Waals surface area contributed by atoms with Crippen LogP contribution in [-0.2, 0) is 16.1 Å². The Bertz CT molecular complexity index is 864. The van der Waals surface area contributed by atoms with Gasteiger partial charge in [-0.3, -0.25) is 14.6 Å². The molecular formula is C22H25N3O4. The maximum absolute atomic E-state index is 12.6. The number of hydrogen-bond donors (Lipinski definition) is 2. The number of nitrogens with one attached hydrogen (secondary N) is 2. The van der Waals surface area contributed by atoms with Crippen molar-refractivity contribution >= 4 is 17.5 Å². The highest BCUT2D eigenvalue weighted by Crippen LogP contribution is 2.34. The number of ether oxygens (including phenoxy) is 2. The average Bonchev–Trinajstić information content (AvgIpc) is 2.78. The monoisotopic (exact) mass is 395 g/mol. The molecule has 7 nitrogen and oxygen atoms in total. The maximum Gasteiger partial charge on any atom is 0.227 e. The highest BCUT2D eigenvalue weighted by Gasteiger charge is 2.30. The van der Waals surface area contributed by atoms with Crippen molar-refractivity contribution in [2.24, 2.45) is 11.8 Å². The highest BCUT2D eigenvalue weighted by molar-refractivity contribution is 5.93. The molecule has 1 aliphatic carbocycles. The summed E-state index contributed by atoms with van der Waals surface area (Å²) in [6, 6.07) is 9.22. The fourth-order valence-electron chi connectivity index (χ4n) is 3.82. The molecule has 2 heterocycles. The SMILES string of the molecule is O=C(NCc1cccnc1)C1CCC(C(=O)Nc2ccc3c(c2)OCCO3)CC1. The summed E-state index contributed by atoms with van der Waals surface area (Å²) in [6.45, 7) is 1.53. The van der Waals surface area contributed by atoms with E-state index in [4.69, 9.17) is 9.47 Å². The summed E-state index contributed by atoms with van der Waals surface area (Å²) in [4.78, 5) is 29.1. The van der Waals surface area contributed by atoms with E-state index < -0.39 is 0 Å². The van der Waals surface area contributed by atoms with Crippen LogP contribution in [0.4, 0.5) is 5.69 Å². The van der Waals surface area contributed by atoms with Crippen molar-refractivity contribution < 1.29 is 19.1 Å². The lowest BCUT2D eigenvalue weighted by Gasteiger charge is -2.27. The molecule has 152 valence electrons. The number of aromatic nitrogens is 1. The lowest BCUT2D eigenvalue weighted by Crippen LogP contribution is -2.35. The molecule has 2 aromatic rings. The summed E-state index contributed by atoms with van der Waals surface area (Å²) in [5, 5.41) is 5.95. The van der Waals surface area contributed by atoms with Crippen LogP contribution in [0.5, 0.6) is 11.5 Å². The summed E-state index contributed by atoms with van der Waals surface area (Å²) in [6.07, 6.45) is 6.32. The Morgan fingerprint density at radius 3 is 2.41 bits per heavy atom. The first-order valence-electron chi connectivity index (χ1n) is 10.1. The number of benzene rings is 1. The van der Waals surface area contributed by atoms with Gasteiger partial charge in [-0.25, -0.2) is 0 Å². The van der Waals surface area contributed by atoms with Crippen LogP contribution in [0.2, 0.25) is 0 Å². The van der Waals surface area contributed by atoms with Crippen LogP contribution >= 0.6 is 0 Å². The van der Waals surface area contributed by atoms with E-state index in [1.54, 1.807) is 18.5 Å². The van der Waals surface area contributed by atoms with E-state index in [1.165, 1.54) is 0 Å². The normalized spacial score (nSPS) is 20.6. The minimum absolute atomic E-state index is 0.00380. The number of fused-ring (bicyclic) bond motifs is 1. The first kappa shape index (κ1) is 19.2. The van der Waals surface area contributed by atoms with Crippen LogP contribution in [-0.4, -0.2) is 30.0 Å². The molecule has 2 N–H and O–H groups in total. The summed E-state index contributed by atoms with van der Waals surface area (Å²) >= 11 is 0. The standard InChI is InChI=1S/C22H25N3O4/c26-21(24-14-15-2-1-9-23-13-15)16-3-5-17(6-4-16)22(27)25-18-7-8-19-20(12-18)29-11-10-28-19/h1-2,7-9,12-13,16-17H,3-6,10-11,14H2,(H,24,26)(H,25,27). The largest absolute Gasteiger partial charge is 0.486 e. The minimum Gasteiger partial charge on any atom is -0.486 e. The second kappa shape index (κ2) is 8.94. The molecule has 2 aliphatic rings. The van der Waals surface area contributed by atoms with E-state index in [1.807, 2.05) is 24.3 Å². The molecule has 0 radical (unpaired) electrons. The van der Waals surface area contributed by atoms with Gasteiger partial charge in [-0.2, -0.15) is 0 Å². The van der Waals surface area contributed by atoms with E-state index in [9.17, 15) is 9.59 Å². The molecule has 0 atom stereocenters. The molecule has 1 aromatic heterocycles. The van der Waals surface area contributed by atoms with Gasteiger partial charge in [0.15, 0.2) is 11.5 Å². The number of pyridine rings is 1. The molecule has 1 fully saturated rings. The Kier molecular flexibility index (Phi) is 5.93. The number of rotatable bonds is 5. The number of nitrogens with zero attached hydrogens (tertiary/aromatic N) is 1. The van der Waals surface area contributed by atoms with Crippen LogP contribution < -0.4 is 20.1 Å². The summed E-state index contributed by atoms with van der Waals surface area (Å²) in [7, 11) is 0. The summed E-state index contributed by atoms with van der Waals surface area (Å²) in [5.74, 6) is 1.29. The second-order valence-electron chi connectivity index (χ2n) is 7.48. The Hall–Kier alpha value is -3.09. The Balaban J connectivity index is 1.24. The van der Waals surface area contributed by atoms with Crippen LogP contribution in [0.25, 0.3) is 0 Å². The van der Waals surface area contributed by atoms with E-state index in [-0.39, 0.29) is 23.7 Å². The summed E-state index contributed by atoms with van der Waals surface area (Å²) in [5.41, 5.74) is 1.68. The van der Waals surface area contributed by atoms with Gasteiger partial charge in [0.2, 0.25) is 11.8 Å². The average molecular weight is 395 g/mol. The van der Waals surface area contributed by atoms with E-state index in [0.717, 1.165) is 18.4 Å². The number of anilines is 1. The van der Waals surface area contributed by atoms with Gasteiger partial charge in [0, 0.05) is 42.5 Å². The molecule has 1 aromatic carbocycles. The van der Waals surface area contributed by atoms with Gasteiger partial charge in [-0.15, -0.1) is 0 Å². The van der Waals surface area contributed by atoms with Crippen molar-refractivity contribution in [2.45, 2.75) is 32.2 Å². The van der Waals surface area contributed by atoms with Crippen LogP contribution in [0.3, 0.4) is 0 Å². The highest BCUT2D eigenvalue weighted by atomic mass is 16.6. The third-order valence-corrected chi connectivity index (χ3v) is 5.47. The molecule has 0 unspecified atom stereocenters. The van der Waals surface area contributed by atoms with Gasteiger partial charge in [-0.05, 0) is 49.4 Å². The third-order valence-electron chi connectivity index (χ3n) is 5.47. The van der Waals surface area contributed by atoms with Crippen molar-refractivity contribution in [1.82, 2.24) is 10.3 Å². The van der Waals surface area contributed by atoms with Crippen molar-refractivity contribution in [2.75, 3.05) is 18.5 Å². The molecule has 0 bridgehead atoms. The van der Waals surface area contributed by atoms with Crippen molar-refractivity contribution in [1.29, 1.82) is 0 Å². The number of hydrogen-bond acceptors (Lipinski definition) is 5. The quantitative estimate of drug-likeness (QED) is 0.813. The molecule has 7 heteroatoms. The molecular weight excluding hydrogens is 370 g/mol. The second-order valence-corrected chi connectivity index (χ2v) is 7.48. The summed E-state index contributed by atoms with van der Waals surface area (Å²) < 4.78 is 11.1. The van der Waals surface area contributed by atoms with Gasteiger partial charge in [0.1, 0.15) is 13.2 Å². The van der Waals surface area contributed by atoms with Crippen molar-refractivity contribution in [3.63, 3.8) is 0 Å². The van der Waals surface area contributed by atoms with Gasteiger partial charge < -0.3 is 20.1 Å². The van der Waals surface area contributed by atoms with E-state index in [2.05, 4.69) is 15.6 Å². The zero-order valence-corrected chi connectivity index (χ0v) is 16.2. The van der Waals surface area contributed by atoms with E-state index >= 15 is 0 Å². The zero-order chi connectivity index (χ0) is 20.1. The van der Waals surface area contributed by atoms with Crippen LogP contribution in [0, 0.1) is 11.8 Å². The Morgan fingerprint density at radius 2 is 1.69 bits per heavy atom. The Morgan fingerprint density at radius 1 is 0.966 bits per heavy atom. The maximum atomic E-state index is 12.6. The van der Waals surface area contributed by atoms with E-state index in [0.29, 0.717) is 49.8 Å². The lowest BCUT2D eigenvalue weighted by molar-refractivity contribution is -0.128. The third kappa shape index (κ3) is 4.85. The first-order chi connectivity index (χ1) is 14.2. The van der Waals surface area contributed by atoms with Crippen molar-refractivity contribution in [3.05, 3.63) is 48.3 Å². The fraction of sp³-hybridized carbons (Fsp3) is 0.409. The number of carbonyl (C=O) groups excluding carboxylic acids is 2.